The molecule has 0 aliphatic carbocycles. The van der Waals surface area contributed by atoms with E-state index in [0.29, 0.717) is 24.3 Å². The highest BCUT2D eigenvalue weighted by atomic mass is 32.2. The van der Waals surface area contributed by atoms with E-state index in [2.05, 4.69) is 5.32 Å². The van der Waals surface area contributed by atoms with Crippen LogP contribution >= 0.6 is 11.8 Å². The molecule has 9 nitrogen and oxygen atoms in total. The highest BCUT2D eigenvalue weighted by Gasteiger charge is 2.57. The Kier molecular flexibility index (Phi) is 5.28. The Morgan fingerprint density at radius 1 is 1.32 bits per heavy atom. The third-order valence-electron chi connectivity index (χ3n) is 5.94. The highest BCUT2D eigenvalue weighted by Crippen LogP contribution is 2.48. The maximum Gasteiger partial charge on any atom is 0.512 e. The first-order valence-electron chi connectivity index (χ1n) is 9.70. The monoisotopic (exact) mass is 411 g/mol. The number of fused-ring (bicyclic) bond motifs is 1. The SMILES string of the molecule is CC(O)C1C(=O)N2C(OC(=O)O)=C(SC3CNC(C(=O)N4CCCC4)C3)C[C@H]12. The number of ether oxygens (including phenoxy) is 1. The van der Waals surface area contributed by atoms with Crippen molar-refractivity contribution >= 4 is 29.7 Å². The molecular formula is C18H25N3O6S. The van der Waals surface area contributed by atoms with Gasteiger partial charge in [-0.1, -0.05) is 0 Å². The van der Waals surface area contributed by atoms with Crippen LogP contribution in [0.15, 0.2) is 10.8 Å². The molecule has 2 amide bonds. The number of hydrogen-bond donors (Lipinski definition) is 3. The summed E-state index contributed by atoms with van der Waals surface area (Å²) >= 11 is 1.47. The second-order valence-electron chi connectivity index (χ2n) is 7.81. The Morgan fingerprint density at radius 3 is 2.68 bits per heavy atom. The van der Waals surface area contributed by atoms with E-state index in [1.165, 1.54) is 16.7 Å². The van der Waals surface area contributed by atoms with Crippen LogP contribution < -0.4 is 5.32 Å². The summed E-state index contributed by atoms with van der Waals surface area (Å²) in [5.74, 6) is -0.634. The lowest BCUT2D eigenvalue weighted by Crippen LogP contribution is -2.61. The first-order chi connectivity index (χ1) is 13.4. The summed E-state index contributed by atoms with van der Waals surface area (Å²) in [7, 11) is 0. The average molecular weight is 411 g/mol. The lowest BCUT2D eigenvalue weighted by molar-refractivity contribution is -0.161. The number of amides is 2. The molecule has 3 N–H and O–H groups in total. The Labute approximate surface area is 167 Å². The van der Waals surface area contributed by atoms with Gasteiger partial charge < -0.3 is 25.2 Å². The van der Waals surface area contributed by atoms with Crippen LogP contribution in [0.1, 0.15) is 32.6 Å². The minimum absolute atomic E-state index is 0.0683. The van der Waals surface area contributed by atoms with Crippen molar-refractivity contribution in [1.29, 1.82) is 0 Å². The molecular weight excluding hydrogens is 386 g/mol. The van der Waals surface area contributed by atoms with Gasteiger partial charge in [0.2, 0.25) is 17.7 Å². The van der Waals surface area contributed by atoms with Gasteiger partial charge in [0.1, 0.15) is 0 Å². The molecule has 0 spiro atoms. The summed E-state index contributed by atoms with van der Waals surface area (Å²) in [6.45, 7) is 3.83. The maximum absolute atomic E-state index is 12.6. The fourth-order valence-corrected chi connectivity index (χ4v) is 5.98. The van der Waals surface area contributed by atoms with E-state index in [9.17, 15) is 19.5 Å². The van der Waals surface area contributed by atoms with Crippen LogP contribution in [0.5, 0.6) is 0 Å². The second kappa shape index (κ2) is 7.57. The van der Waals surface area contributed by atoms with E-state index in [4.69, 9.17) is 9.84 Å². The fraction of sp³-hybridized carbons (Fsp3) is 0.722. The van der Waals surface area contributed by atoms with Crippen LogP contribution in [-0.4, -0.2) is 81.1 Å². The zero-order valence-corrected chi connectivity index (χ0v) is 16.5. The van der Waals surface area contributed by atoms with Gasteiger partial charge in [0.15, 0.2) is 0 Å². The molecule has 0 saturated carbocycles. The molecule has 4 heterocycles. The van der Waals surface area contributed by atoms with Crippen LogP contribution in [0.25, 0.3) is 0 Å². The molecule has 0 radical (unpaired) electrons. The molecule has 3 saturated heterocycles. The average Bonchev–Trinajstić information content (AvgIpc) is 3.34. The van der Waals surface area contributed by atoms with Gasteiger partial charge in [-0.2, -0.15) is 0 Å². The van der Waals surface area contributed by atoms with Gasteiger partial charge in [-0.15, -0.1) is 11.8 Å². The quantitative estimate of drug-likeness (QED) is 0.443. The van der Waals surface area contributed by atoms with E-state index in [-0.39, 0.29) is 35.0 Å². The van der Waals surface area contributed by atoms with Crippen LogP contribution in [0.3, 0.4) is 0 Å². The van der Waals surface area contributed by atoms with Crippen molar-refractivity contribution in [3.63, 3.8) is 0 Å². The largest absolute Gasteiger partial charge is 0.512 e. The molecule has 28 heavy (non-hydrogen) atoms. The molecule has 4 aliphatic rings. The predicted molar refractivity (Wildman–Crippen MR) is 100 cm³/mol. The Bertz CT molecular complexity index is 720. The number of hydrogen-bond acceptors (Lipinski definition) is 7. The lowest BCUT2D eigenvalue weighted by Gasteiger charge is -2.44. The van der Waals surface area contributed by atoms with E-state index < -0.39 is 18.2 Å². The second-order valence-corrected chi connectivity index (χ2v) is 9.21. The Hall–Kier alpha value is -1.78. The number of nitrogens with one attached hydrogen (secondary N) is 1. The molecule has 3 fully saturated rings. The summed E-state index contributed by atoms with van der Waals surface area (Å²) in [6.07, 6.45) is 0.968. The third-order valence-corrected chi connectivity index (χ3v) is 7.26. The molecule has 5 atom stereocenters. The van der Waals surface area contributed by atoms with E-state index in [1.54, 1.807) is 6.92 Å². The van der Waals surface area contributed by atoms with Crippen molar-refractivity contribution in [2.45, 2.75) is 56.0 Å². The molecule has 0 aromatic heterocycles. The van der Waals surface area contributed by atoms with Crippen molar-refractivity contribution in [3.05, 3.63) is 10.8 Å². The van der Waals surface area contributed by atoms with Gasteiger partial charge in [-0.05, 0) is 26.2 Å². The van der Waals surface area contributed by atoms with E-state index in [1.807, 2.05) is 4.90 Å². The van der Waals surface area contributed by atoms with Crippen LogP contribution in [-0.2, 0) is 14.3 Å². The zero-order chi connectivity index (χ0) is 20.0. The first-order valence-corrected chi connectivity index (χ1v) is 10.6. The van der Waals surface area contributed by atoms with Gasteiger partial charge >= 0.3 is 6.16 Å². The predicted octanol–water partition coefficient (Wildman–Crippen LogP) is 0.548. The zero-order valence-electron chi connectivity index (χ0n) is 15.7. The number of β-lactam (4-membered cyclic amide) rings is 1. The Balaban J connectivity index is 1.43. The van der Waals surface area contributed by atoms with Crippen molar-refractivity contribution in [1.82, 2.24) is 15.1 Å². The van der Waals surface area contributed by atoms with Crippen molar-refractivity contribution in [2.75, 3.05) is 19.6 Å². The summed E-state index contributed by atoms with van der Waals surface area (Å²) in [4.78, 5) is 40.0. The van der Waals surface area contributed by atoms with Gasteiger partial charge in [0.25, 0.3) is 0 Å². The first kappa shape index (κ1) is 19.5. The molecule has 154 valence electrons. The number of aliphatic hydroxyl groups is 1. The van der Waals surface area contributed by atoms with Gasteiger partial charge in [0, 0.05) is 36.2 Å². The molecule has 10 heteroatoms. The summed E-state index contributed by atoms with van der Waals surface area (Å²) in [5.41, 5.74) is 0. The number of aliphatic hydroxyl groups excluding tert-OH is 1. The smallest absolute Gasteiger partial charge is 0.449 e. The number of likely N-dealkylation sites (tertiary alicyclic amines) is 1. The summed E-state index contributed by atoms with van der Waals surface area (Å²) < 4.78 is 4.93. The van der Waals surface area contributed by atoms with E-state index in [0.717, 1.165) is 25.9 Å². The van der Waals surface area contributed by atoms with Gasteiger partial charge in [-0.25, -0.2) is 4.79 Å². The van der Waals surface area contributed by atoms with Crippen molar-refractivity contribution < 1.29 is 29.3 Å². The van der Waals surface area contributed by atoms with Gasteiger partial charge in [-0.3, -0.25) is 14.5 Å². The minimum atomic E-state index is -1.46. The fourth-order valence-electron chi connectivity index (χ4n) is 4.60. The molecule has 4 aliphatic heterocycles. The van der Waals surface area contributed by atoms with Crippen molar-refractivity contribution in [3.8, 4) is 0 Å². The van der Waals surface area contributed by atoms with Crippen LogP contribution in [0, 0.1) is 5.92 Å². The summed E-state index contributed by atoms with van der Waals surface area (Å²) in [5, 5.41) is 22.3. The number of rotatable bonds is 5. The normalized spacial score (nSPS) is 33.1. The summed E-state index contributed by atoms with van der Waals surface area (Å²) in [6, 6.07) is -0.481. The molecule has 0 bridgehead atoms. The van der Waals surface area contributed by atoms with E-state index >= 15 is 0 Å². The third kappa shape index (κ3) is 3.37. The molecule has 4 unspecified atom stereocenters. The molecule has 4 rings (SSSR count). The number of carbonyl (C=O) groups is 3. The minimum Gasteiger partial charge on any atom is -0.449 e. The van der Waals surface area contributed by atoms with Crippen molar-refractivity contribution in [2.24, 2.45) is 5.92 Å². The number of carbonyl (C=O) groups excluding carboxylic acids is 2. The standard InChI is InChI=1S/C18H25N3O6S/c1-9(22)14-12-7-13(17(27-18(25)26)21(12)16(14)24)28-10-6-11(19-8-10)15(23)20-4-2-3-5-20/h9-12,14,19,22H,2-8H2,1H3,(H,25,26)/t9?,10?,11?,12-,14?/m1/s1. The lowest BCUT2D eigenvalue weighted by atomic mass is 9.84. The highest BCUT2D eigenvalue weighted by molar-refractivity contribution is 8.03. The number of nitrogens with zero attached hydrogens (tertiary/aromatic N) is 2. The number of thioether (sulfide) groups is 1. The maximum atomic E-state index is 12.6. The van der Waals surface area contributed by atoms with Gasteiger partial charge in [0.05, 0.1) is 24.1 Å². The molecule has 0 aromatic rings. The van der Waals surface area contributed by atoms with Crippen LogP contribution in [0.4, 0.5) is 4.79 Å². The Morgan fingerprint density at radius 2 is 2.04 bits per heavy atom. The topological polar surface area (TPSA) is 119 Å². The number of carboxylic acid groups (broad SMARTS) is 1. The van der Waals surface area contributed by atoms with Crippen LogP contribution in [0.2, 0.25) is 0 Å². The molecule has 0 aromatic carbocycles.